The lowest BCUT2D eigenvalue weighted by Crippen LogP contribution is -2.51. The number of thiazole rings is 1. The van der Waals surface area contributed by atoms with Crippen LogP contribution in [0, 0.1) is 0 Å². The molecule has 1 aromatic carbocycles. The molecule has 1 fully saturated rings. The first-order chi connectivity index (χ1) is 12.1. The number of benzene rings is 1. The Labute approximate surface area is 180 Å². The summed E-state index contributed by atoms with van der Waals surface area (Å²) in [5, 5.41) is 3.67. The van der Waals surface area contributed by atoms with Crippen LogP contribution in [0.4, 0.5) is 5.13 Å². The molecule has 1 saturated heterocycles. The standard InChI is InChI=1S/C17H22ClN5OS.HI/c1-13(24-15-5-3-2-4-14(15)18)12-21-16(19)22-7-9-23(10-8-22)17-20-6-11-25-17;/h2-6,11,13H,7-10,12H2,1H3,(H2,19,21);1H. The topological polar surface area (TPSA) is 67.0 Å². The Morgan fingerprint density at radius 1 is 1.35 bits per heavy atom. The summed E-state index contributed by atoms with van der Waals surface area (Å²) in [6, 6.07) is 7.43. The number of anilines is 1. The van der Waals surface area contributed by atoms with Crippen molar-refractivity contribution < 1.29 is 4.74 Å². The molecule has 1 unspecified atom stereocenters. The van der Waals surface area contributed by atoms with Gasteiger partial charge in [0.15, 0.2) is 11.1 Å². The number of hydrogen-bond acceptors (Lipinski definition) is 5. The van der Waals surface area contributed by atoms with Crippen molar-refractivity contribution in [2.75, 3.05) is 37.6 Å². The van der Waals surface area contributed by atoms with Crippen LogP contribution in [0.25, 0.3) is 0 Å². The summed E-state index contributed by atoms with van der Waals surface area (Å²) in [5.74, 6) is 1.23. The highest BCUT2D eigenvalue weighted by Crippen LogP contribution is 2.24. The Morgan fingerprint density at radius 2 is 2.08 bits per heavy atom. The number of nitrogens with two attached hydrogens (primary N) is 1. The fourth-order valence-electron chi connectivity index (χ4n) is 2.62. The van der Waals surface area contributed by atoms with Crippen LogP contribution in [0.1, 0.15) is 6.92 Å². The van der Waals surface area contributed by atoms with E-state index in [1.165, 1.54) is 0 Å². The summed E-state index contributed by atoms with van der Waals surface area (Å²) in [6.07, 6.45) is 1.73. The number of rotatable bonds is 5. The van der Waals surface area contributed by atoms with Crippen LogP contribution >= 0.6 is 46.9 Å². The monoisotopic (exact) mass is 507 g/mol. The summed E-state index contributed by atoms with van der Waals surface area (Å²) in [4.78, 5) is 13.2. The largest absolute Gasteiger partial charge is 0.487 e. The molecule has 1 aliphatic rings. The van der Waals surface area contributed by atoms with Gasteiger partial charge < -0.3 is 20.3 Å². The summed E-state index contributed by atoms with van der Waals surface area (Å²) < 4.78 is 5.82. The van der Waals surface area contributed by atoms with Crippen molar-refractivity contribution in [1.29, 1.82) is 0 Å². The number of nitrogens with zero attached hydrogens (tertiary/aromatic N) is 4. The number of piperazine rings is 1. The third-order valence-electron chi connectivity index (χ3n) is 3.97. The van der Waals surface area contributed by atoms with Gasteiger partial charge in [-0.25, -0.2) is 9.98 Å². The molecule has 2 N–H and O–H groups in total. The molecule has 1 atom stereocenters. The minimum absolute atomic E-state index is 0. The van der Waals surface area contributed by atoms with E-state index in [0.717, 1.165) is 31.3 Å². The molecule has 0 amide bonds. The molecule has 26 heavy (non-hydrogen) atoms. The van der Waals surface area contributed by atoms with E-state index in [9.17, 15) is 0 Å². The molecule has 0 bridgehead atoms. The van der Waals surface area contributed by atoms with Crippen molar-refractivity contribution in [3.8, 4) is 5.75 Å². The summed E-state index contributed by atoms with van der Waals surface area (Å²) in [6.45, 7) is 5.93. The highest BCUT2D eigenvalue weighted by Gasteiger charge is 2.20. The highest BCUT2D eigenvalue weighted by atomic mass is 127. The van der Waals surface area contributed by atoms with Crippen molar-refractivity contribution in [3.63, 3.8) is 0 Å². The SMILES string of the molecule is CC(CN=C(N)N1CCN(c2nccs2)CC1)Oc1ccccc1Cl.I. The minimum atomic E-state index is -0.102. The molecular formula is C17H23ClIN5OS. The fourth-order valence-corrected chi connectivity index (χ4v) is 3.49. The average molecular weight is 508 g/mol. The number of aromatic nitrogens is 1. The average Bonchev–Trinajstić information content (AvgIpc) is 3.16. The maximum atomic E-state index is 6.15. The van der Waals surface area contributed by atoms with Crippen LogP contribution in [0.3, 0.4) is 0 Å². The zero-order valence-corrected chi connectivity index (χ0v) is 18.4. The van der Waals surface area contributed by atoms with Gasteiger partial charge in [0.2, 0.25) is 0 Å². The third-order valence-corrected chi connectivity index (χ3v) is 5.11. The molecule has 6 nitrogen and oxygen atoms in total. The minimum Gasteiger partial charge on any atom is -0.487 e. The van der Waals surface area contributed by atoms with E-state index in [4.69, 9.17) is 22.1 Å². The van der Waals surface area contributed by atoms with Crippen LogP contribution in [-0.2, 0) is 0 Å². The molecule has 0 saturated carbocycles. The molecule has 1 aromatic heterocycles. The van der Waals surface area contributed by atoms with Crippen molar-refractivity contribution in [3.05, 3.63) is 40.9 Å². The lowest BCUT2D eigenvalue weighted by atomic mass is 10.3. The molecule has 0 radical (unpaired) electrons. The smallest absolute Gasteiger partial charge is 0.191 e. The molecule has 142 valence electrons. The molecule has 3 rings (SSSR count). The zero-order chi connectivity index (χ0) is 17.6. The van der Waals surface area contributed by atoms with E-state index >= 15 is 0 Å². The van der Waals surface area contributed by atoms with Gasteiger partial charge in [-0.1, -0.05) is 23.7 Å². The van der Waals surface area contributed by atoms with Crippen molar-refractivity contribution in [1.82, 2.24) is 9.88 Å². The second-order valence-corrected chi connectivity index (χ2v) is 7.13. The predicted molar refractivity (Wildman–Crippen MR) is 119 cm³/mol. The predicted octanol–water partition coefficient (Wildman–Crippen LogP) is 3.32. The van der Waals surface area contributed by atoms with Crippen molar-refractivity contribution in [2.45, 2.75) is 13.0 Å². The normalized spacial score (nSPS) is 16.2. The van der Waals surface area contributed by atoms with Gasteiger partial charge in [0.25, 0.3) is 0 Å². The number of halogens is 2. The maximum absolute atomic E-state index is 6.15. The van der Waals surface area contributed by atoms with E-state index < -0.39 is 0 Å². The number of aliphatic imine (C=N–C) groups is 1. The molecule has 9 heteroatoms. The van der Waals surface area contributed by atoms with E-state index in [2.05, 4.69) is 19.8 Å². The van der Waals surface area contributed by atoms with Gasteiger partial charge in [-0.3, -0.25) is 0 Å². The highest BCUT2D eigenvalue weighted by molar-refractivity contribution is 14.0. The van der Waals surface area contributed by atoms with Gasteiger partial charge in [0.05, 0.1) is 11.6 Å². The van der Waals surface area contributed by atoms with Gasteiger partial charge >= 0.3 is 0 Å². The number of hydrogen-bond donors (Lipinski definition) is 1. The number of para-hydroxylation sites is 1. The molecule has 2 heterocycles. The Balaban J connectivity index is 0.00000243. The summed E-state index contributed by atoms with van der Waals surface area (Å²) in [7, 11) is 0. The quantitative estimate of drug-likeness (QED) is 0.382. The lowest BCUT2D eigenvalue weighted by molar-refractivity contribution is 0.229. The first-order valence-corrected chi connectivity index (χ1v) is 9.49. The molecule has 0 spiro atoms. The fraction of sp³-hybridized carbons (Fsp3) is 0.412. The van der Waals surface area contributed by atoms with Gasteiger partial charge in [-0.15, -0.1) is 35.3 Å². The van der Waals surface area contributed by atoms with Gasteiger partial charge in [0.1, 0.15) is 11.9 Å². The number of ether oxygens (including phenoxy) is 1. The summed E-state index contributed by atoms with van der Waals surface area (Å²) in [5.41, 5.74) is 6.15. The van der Waals surface area contributed by atoms with Crippen LogP contribution in [0.15, 0.2) is 40.8 Å². The summed E-state index contributed by atoms with van der Waals surface area (Å²) >= 11 is 7.77. The maximum Gasteiger partial charge on any atom is 0.191 e. The first kappa shape index (κ1) is 21.0. The zero-order valence-electron chi connectivity index (χ0n) is 14.5. The van der Waals surface area contributed by atoms with Crippen molar-refractivity contribution >= 4 is 58.0 Å². The molecular weight excluding hydrogens is 485 g/mol. The Hall–Kier alpha value is -1.26. The van der Waals surface area contributed by atoms with Crippen LogP contribution in [0.2, 0.25) is 5.02 Å². The Bertz CT molecular complexity index is 707. The van der Waals surface area contributed by atoms with E-state index in [1.807, 2.05) is 42.8 Å². The van der Waals surface area contributed by atoms with E-state index in [0.29, 0.717) is 23.3 Å². The van der Waals surface area contributed by atoms with E-state index in [1.54, 1.807) is 11.3 Å². The van der Waals surface area contributed by atoms with Crippen LogP contribution in [-0.4, -0.2) is 54.7 Å². The third kappa shape index (κ3) is 5.62. The lowest BCUT2D eigenvalue weighted by Gasteiger charge is -2.35. The molecule has 1 aliphatic heterocycles. The van der Waals surface area contributed by atoms with Gasteiger partial charge in [-0.2, -0.15) is 0 Å². The van der Waals surface area contributed by atoms with Gasteiger partial charge in [0, 0.05) is 37.8 Å². The first-order valence-electron chi connectivity index (χ1n) is 8.24. The van der Waals surface area contributed by atoms with Crippen LogP contribution < -0.4 is 15.4 Å². The Morgan fingerprint density at radius 3 is 2.73 bits per heavy atom. The van der Waals surface area contributed by atoms with Crippen LogP contribution in [0.5, 0.6) is 5.75 Å². The second-order valence-electron chi connectivity index (χ2n) is 5.85. The van der Waals surface area contributed by atoms with E-state index in [-0.39, 0.29) is 30.1 Å². The molecule has 2 aromatic rings. The van der Waals surface area contributed by atoms with Crippen molar-refractivity contribution in [2.24, 2.45) is 10.7 Å². The second kappa shape index (κ2) is 10.2. The van der Waals surface area contributed by atoms with Gasteiger partial charge in [-0.05, 0) is 19.1 Å². The number of guanidine groups is 1. The molecule has 0 aliphatic carbocycles. The Kier molecular flexibility index (Phi) is 8.23.